The largest absolute Gasteiger partial charge is 0.338 e. The highest BCUT2D eigenvalue weighted by atomic mass is 32.2. The molecule has 1 N–H and O–H groups in total. The van der Waals surface area contributed by atoms with Crippen molar-refractivity contribution >= 4 is 10.0 Å². The maximum absolute atomic E-state index is 11.6. The van der Waals surface area contributed by atoms with E-state index in [1.807, 2.05) is 6.92 Å². The summed E-state index contributed by atoms with van der Waals surface area (Å²) < 4.78 is 30.2. The molecule has 8 heteroatoms. The first-order chi connectivity index (χ1) is 10.3. The Bertz CT molecular complexity index is 626. The molecule has 1 saturated heterocycles. The summed E-state index contributed by atoms with van der Waals surface area (Å²) in [5, 5.41) is 7.55. The minimum Gasteiger partial charge on any atom is -0.338 e. The third-order valence-corrected chi connectivity index (χ3v) is 5.84. The van der Waals surface area contributed by atoms with Crippen molar-refractivity contribution in [1.82, 2.24) is 19.8 Å². The summed E-state index contributed by atoms with van der Waals surface area (Å²) in [6.07, 6.45) is 4.37. The Morgan fingerprint density at radius 2 is 2.09 bits per heavy atom. The maximum atomic E-state index is 11.6. The van der Waals surface area contributed by atoms with Gasteiger partial charge in [-0.2, -0.15) is 4.98 Å². The lowest BCUT2D eigenvalue weighted by Gasteiger charge is -2.36. The van der Waals surface area contributed by atoms with E-state index in [4.69, 9.17) is 4.52 Å². The van der Waals surface area contributed by atoms with Crippen LogP contribution in [-0.2, 0) is 10.0 Å². The molecule has 22 heavy (non-hydrogen) atoms. The first-order valence-electron chi connectivity index (χ1n) is 7.89. The van der Waals surface area contributed by atoms with E-state index in [2.05, 4.69) is 22.4 Å². The molecule has 3 rings (SSSR count). The number of hydrogen-bond donors (Lipinski definition) is 1. The molecule has 0 spiro atoms. The van der Waals surface area contributed by atoms with Crippen molar-refractivity contribution in [3.63, 3.8) is 0 Å². The molecule has 2 aliphatic rings. The molecular formula is C14H24N4O3S. The van der Waals surface area contributed by atoms with Gasteiger partial charge in [0.25, 0.3) is 0 Å². The summed E-state index contributed by atoms with van der Waals surface area (Å²) in [6, 6.07) is 0.238. The number of rotatable bonds is 5. The molecule has 2 heterocycles. The predicted octanol–water partition coefficient (Wildman–Crippen LogP) is 1.27. The monoisotopic (exact) mass is 328 g/mol. The third kappa shape index (κ3) is 3.49. The zero-order valence-corrected chi connectivity index (χ0v) is 14.1. The molecule has 1 saturated carbocycles. The zero-order valence-electron chi connectivity index (χ0n) is 13.3. The van der Waals surface area contributed by atoms with Crippen molar-refractivity contribution in [1.29, 1.82) is 0 Å². The van der Waals surface area contributed by atoms with Crippen molar-refractivity contribution in [2.45, 2.75) is 51.1 Å². The molecule has 0 bridgehead atoms. The molecule has 1 aromatic heterocycles. The molecule has 1 aliphatic heterocycles. The summed E-state index contributed by atoms with van der Waals surface area (Å²) in [6.45, 7) is 5.20. The van der Waals surface area contributed by atoms with Crippen molar-refractivity contribution in [3.8, 4) is 0 Å². The SMILES string of the molecule is C[C@H](N[C@H]1CCN(S(C)(=O)=O)C[C@@H]1C)c1nc(C2CC2)no1. The van der Waals surface area contributed by atoms with Gasteiger partial charge in [0.15, 0.2) is 5.82 Å². The number of hydrogen-bond acceptors (Lipinski definition) is 6. The summed E-state index contributed by atoms with van der Waals surface area (Å²) in [5.74, 6) is 2.18. The topological polar surface area (TPSA) is 88.3 Å². The zero-order chi connectivity index (χ0) is 15.9. The minimum absolute atomic E-state index is 0.0165. The van der Waals surface area contributed by atoms with Crippen molar-refractivity contribution in [2.24, 2.45) is 5.92 Å². The molecule has 3 atom stereocenters. The molecule has 124 valence electrons. The number of nitrogens with one attached hydrogen (secondary N) is 1. The van der Waals surface area contributed by atoms with E-state index in [-0.39, 0.29) is 18.0 Å². The average Bonchev–Trinajstić information content (AvgIpc) is 3.17. The van der Waals surface area contributed by atoms with Gasteiger partial charge in [-0.25, -0.2) is 12.7 Å². The first kappa shape index (κ1) is 15.9. The molecule has 0 aromatic carbocycles. The standard InChI is InChI=1S/C14H24N4O3S/c1-9-8-18(22(3,19)20)7-6-12(9)15-10(2)14-16-13(17-21-14)11-4-5-11/h9-12,15H,4-8H2,1-3H3/t9-,10-,12-/m0/s1. The molecule has 2 fully saturated rings. The van der Waals surface area contributed by atoms with Crippen LogP contribution in [0.5, 0.6) is 0 Å². The Kier molecular flexibility index (Phi) is 4.26. The maximum Gasteiger partial charge on any atom is 0.243 e. The number of piperidine rings is 1. The fourth-order valence-electron chi connectivity index (χ4n) is 2.98. The van der Waals surface area contributed by atoms with Crippen molar-refractivity contribution in [2.75, 3.05) is 19.3 Å². The Balaban J connectivity index is 1.58. The summed E-state index contributed by atoms with van der Waals surface area (Å²) in [7, 11) is -3.10. The van der Waals surface area contributed by atoms with E-state index in [1.165, 1.54) is 6.26 Å². The van der Waals surface area contributed by atoms with E-state index >= 15 is 0 Å². The van der Waals surface area contributed by atoms with Crippen molar-refractivity contribution < 1.29 is 12.9 Å². The van der Waals surface area contributed by atoms with Gasteiger partial charge < -0.3 is 9.84 Å². The molecule has 0 unspecified atom stereocenters. The summed E-state index contributed by atoms with van der Waals surface area (Å²) in [5.41, 5.74) is 0. The quantitative estimate of drug-likeness (QED) is 0.875. The van der Waals surface area contributed by atoms with Gasteiger partial charge >= 0.3 is 0 Å². The number of nitrogens with zero attached hydrogens (tertiary/aromatic N) is 3. The molecule has 1 aromatic rings. The predicted molar refractivity (Wildman–Crippen MR) is 81.8 cm³/mol. The van der Waals surface area contributed by atoms with Gasteiger partial charge in [0.2, 0.25) is 15.9 Å². The Hall–Kier alpha value is -0.990. The Morgan fingerprint density at radius 1 is 1.36 bits per heavy atom. The van der Waals surface area contributed by atoms with Gasteiger partial charge in [-0.3, -0.25) is 0 Å². The van der Waals surface area contributed by atoms with Crippen LogP contribution in [0.1, 0.15) is 56.8 Å². The van der Waals surface area contributed by atoms with Crippen LogP contribution in [0, 0.1) is 5.92 Å². The van der Waals surface area contributed by atoms with Crippen LogP contribution < -0.4 is 5.32 Å². The normalized spacial score (nSPS) is 28.7. The van der Waals surface area contributed by atoms with Gasteiger partial charge in [-0.15, -0.1) is 0 Å². The van der Waals surface area contributed by atoms with E-state index in [1.54, 1.807) is 4.31 Å². The molecule has 1 aliphatic carbocycles. The molecule has 0 radical (unpaired) electrons. The van der Waals surface area contributed by atoms with Crippen LogP contribution in [0.15, 0.2) is 4.52 Å². The van der Waals surface area contributed by atoms with Gasteiger partial charge in [-0.1, -0.05) is 12.1 Å². The highest BCUT2D eigenvalue weighted by Gasteiger charge is 2.33. The van der Waals surface area contributed by atoms with Gasteiger partial charge in [-0.05, 0) is 32.1 Å². The second kappa shape index (κ2) is 5.90. The second-order valence-corrected chi connectivity index (χ2v) is 8.63. The molecule has 7 nitrogen and oxygen atoms in total. The van der Waals surface area contributed by atoms with E-state index in [0.29, 0.717) is 24.9 Å². The van der Waals surface area contributed by atoms with E-state index in [0.717, 1.165) is 25.1 Å². The lowest BCUT2D eigenvalue weighted by Crippen LogP contribution is -2.50. The van der Waals surface area contributed by atoms with Gasteiger partial charge in [0.05, 0.1) is 12.3 Å². The summed E-state index contributed by atoms with van der Waals surface area (Å²) in [4.78, 5) is 4.47. The summed E-state index contributed by atoms with van der Waals surface area (Å²) >= 11 is 0. The van der Waals surface area contributed by atoms with Crippen LogP contribution in [0.3, 0.4) is 0 Å². The Morgan fingerprint density at radius 3 is 2.68 bits per heavy atom. The van der Waals surface area contributed by atoms with Crippen LogP contribution in [-0.4, -0.2) is 48.3 Å². The lowest BCUT2D eigenvalue weighted by molar-refractivity contribution is 0.200. The third-order valence-electron chi connectivity index (χ3n) is 4.57. The second-order valence-electron chi connectivity index (χ2n) is 6.65. The highest BCUT2D eigenvalue weighted by Crippen LogP contribution is 2.38. The van der Waals surface area contributed by atoms with Crippen LogP contribution in [0.4, 0.5) is 0 Å². The van der Waals surface area contributed by atoms with Crippen molar-refractivity contribution in [3.05, 3.63) is 11.7 Å². The molecular weight excluding hydrogens is 304 g/mol. The number of aromatic nitrogens is 2. The van der Waals surface area contributed by atoms with Crippen LogP contribution in [0.25, 0.3) is 0 Å². The fourth-order valence-corrected chi connectivity index (χ4v) is 3.92. The van der Waals surface area contributed by atoms with E-state index < -0.39 is 10.0 Å². The average molecular weight is 328 g/mol. The Labute approximate surface area is 131 Å². The first-order valence-corrected chi connectivity index (χ1v) is 9.74. The molecule has 0 amide bonds. The number of sulfonamides is 1. The van der Waals surface area contributed by atoms with Gasteiger partial charge in [0, 0.05) is 25.0 Å². The van der Waals surface area contributed by atoms with Crippen LogP contribution in [0.2, 0.25) is 0 Å². The van der Waals surface area contributed by atoms with Crippen LogP contribution >= 0.6 is 0 Å². The van der Waals surface area contributed by atoms with Gasteiger partial charge in [0.1, 0.15) is 0 Å². The highest BCUT2D eigenvalue weighted by molar-refractivity contribution is 7.88. The smallest absolute Gasteiger partial charge is 0.243 e. The lowest BCUT2D eigenvalue weighted by atomic mass is 9.94. The minimum atomic E-state index is -3.10. The van der Waals surface area contributed by atoms with E-state index in [9.17, 15) is 8.42 Å². The fraction of sp³-hybridized carbons (Fsp3) is 0.857.